The number of hydrogen-bond donors (Lipinski definition) is 0. The number of rotatable bonds is 0. The largest absolute Gasteiger partial charge is 3.00 e. The molecule has 3 nitrogen and oxygen atoms in total. The molecule has 8 radical (unpaired) electrons. The smallest absolute Gasteiger partial charge is 2.00 e. The van der Waals surface area contributed by atoms with E-state index in [9.17, 15) is 0 Å². The third kappa shape index (κ3) is 126. The summed E-state index contributed by atoms with van der Waals surface area (Å²) in [6.45, 7) is 0. The fourth-order valence-electron chi connectivity index (χ4n) is 0. The first-order chi connectivity index (χ1) is 0. The molecule has 0 spiro atoms. The maximum atomic E-state index is 0. The van der Waals surface area contributed by atoms with E-state index in [4.69, 9.17) is 0 Å². The van der Waals surface area contributed by atoms with Gasteiger partial charge in [-0.3, -0.25) is 0 Å². The van der Waals surface area contributed by atoms with Crippen molar-refractivity contribution in [2.24, 2.45) is 0 Å². The molecule has 0 aromatic rings. The maximum absolute atomic E-state index is 0. The van der Waals surface area contributed by atoms with Crippen LogP contribution in [0.15, 0.2) is 0 Å². The van der Waals surface area contributed by atoms with Gasteiger partial charge in [-0.05, 0) is 21.9 Å². The molecule has 0 aliphatic carbocycles. The van der Waals surface area contributed by atoms with Gasteiger partial charge in [-0.15, -0.1) is 0 Å². The Morgan fingerprint density at radius 3 is 0.444 bits per heavy atom. The van der Waals surface area contributed by atoms with Gasteiger partial charge in [-0.2, -0.15) is 0 Å². The normalized spacial score (nSPS) is 0. The zero-order valence-electron chi connectivity index (χ0n) is 3.09. The molecule has 0 atom stereocenters. The minimum absolute atomic E-state index is 0. The van der Waals surface area contributed by atoms with E-state index in [1.807, 2.05) is 0 Å². The molecule has 0 bridgehead atoms. The summed E-state index contributed by atoms with van der Waals surface area (Å²) in [5.41, 5.74) is 0. The summed E-state index contributed by atoms with van der Waals surface area (Å²) in [6, 6.07) is 0. The van der Waals surface area contributed by atoms with Crippen LogP contribution >= 0.6 is 0 Å². The fourth-order valence-corrected chi connectivity index (χ4v) is 0. The summed E-state index contributed by atoms with van der Waals surface area (Å²) in [4.78, 5) is 0. The fraction of sp³-hybridized carbons (Fsp3) is 0. The summed E-state index contributed by atoms with van der Waals surface area (Å²) < 4.78 is 0. The van der Waals surface area contributed by atoms with E-state index in [0.29, 0.717) is 0 Å². The Morgan fingerprint density at radius 1 is 0.444 bits per heavy atom. The molecule has 0 aromatic heterocycles. The third-order valence-electron chi connectivity index (χ3n) is 0. The van der Waals surface area contributed by atoms with Crippen molar-refractivity contribution in [1.82, 2.24) is 0 Å². The molecule has 9 heavy (non-hydrogen) atoms. The second-order valence-corrected chi connectivity index (χ2v) is 0. The number of hydrogen-bond acceptors (Lipinski definition) is 0. The van der Waals surface area contributed by atoms with E-state index in [-0.39, 0.29) is 107 Å². The van der Waals surface area contributed by atoms with Gasteiger partial charge in [0.25, 0.3) is 0 Å². The van der Waals surface area contributed by atoms with E-state index in [1.54, 1.807) is 0 Å². The first kappa shape index (κ1) is 212. The molecule has 0 rings (SSSR count). The zero-order valence-corrected chi connectivity index (χ0v) is 7.60. The minimum atomic E-state index is 0. The van der Waals surface area contributed by atoms with E-state index in [2.05, 4.69) is 0 Å². The van der Waals surface area contributed by atoms with E-state index in [1.165, 1.54) is 0 Å². The molecule has 0 unspecified atom stereocenters. The molecule has 9 heteroatoms. The maximum Gasteiger partial charge on any atom is 3.00 e. The van der Waals surface area contributed by atoms with Crippen molar-refractivity contribution in [2.45, 2.75) is 0 Å². The van der Waals surface area contributed by atoms with Gasteiger partial charge in [-0.25, -0.2) is 0 Å². The summed E-state index contributed by atoms with van der Waals surface area (Å²) in [5.74, 6) is 0. The van der Waals surface area contributed by atoms with Crippen LogP contribution in [0.1, 0.15) is 0 Å². The molecule has 56 valence electrons. The minimum Gasteiger partial charge on any atom is -2.00 e. The quantitative estimate of drug-likeness (QED) is 0.404. The predicted octanol–water partition coefficient (Wildman–Crippen LogP) is -4.03. The van der Waals surface area contributed by atoms with Crippen molar-refractivity contribution in [3.8, 4) is 0 Å². The summed E-state index contributed by atoms with van der Waals surface area (Å²) >= 11 is 0. The second-order valence-electron chi connectivity index (χ2n) is 0. The van der Waals surface area contributed by atoms with Gasteiger partial charge >= 0.3 is 34.1 Å². The van der Waals surface area contributed by atoms with Crippen LogP contribution < -0.4 is 0 Å². The Balaban J connectivity index is 0. The summed E-state index contributed by atoms with van der Waals surface area (Å²) in [7, 11) is 0. The van der Waals surface area contributed by atoms with Crippen LogP contribution in [0.2, 0.25) is 0 Å². The van der Waals surface area contributed by atoms with Crippen LogP contribution in [-0.4, -0.2) is 56.7 Å². The average Bonchev–Trinajstić information content (AvgIpc) is 0. The van der Waals surface area contributed by atoms with E-state index < -0.39 is 0 Å². The van der Waals surface area contributed by atoms with Crippen molar-refractivity contribution >= 4 is 56.7 Å². The van der Waals surface area contributed by atoms with Crippen molar-refractivity contribution < 1.29 is 50.6 Å². The summed E-state index contributed by atoms with van der Waals surface area (Å²) in [6.07, 6.45) is 0. The Morgan fingerprint density at radius 2 is 0.444 bits per heavy atom. The van der Waals surface area contributed by atoms with Crippen LogP contribution in [0, 0.1) is 0 Å². The summed E-state index contributed by atoms with van der Waals surface area (Å²) in [5, 5.41) is 0. The molecule has 0 saturated heterocycles. The Bertz CT molecular complexity index is 17.8. The van der Waals surface area contributed by atoms with Gasteiger partial charge in [-0.1, -0.05) is 0 Å². The van der Waals surface area contributed by atoms with Crippen molar-refractivity contribution in [3.05, 3.63) is 0 Å². The molecule has 0 saturated carbocycles. The van der Waals surface area contributed by atoms with Gasteiger partial charge in [0.05, 0.1) is 0 Å². The molecule has 0 N–H and O–H groups in total. The first-order valence-electron chi connectivity index (χ1n) is 0. The van der Waals surface area contributed by atoms with Crippen LogP contribution in [0.3, 0.4) is 0 Å². The molecule has 0 aliphatic rings. The van der Waals surface area contributed by atoms with Crippen LogP contribution in [-0.2, 0) is 50.6 Å². The van der Waals surface area contributed by atoms with Crippen LogP contribution in [0.25, 0.3) is 0 Å². The zero-order chi connectivity index (χ0) is 0. The van der Waals surface area contributed by atoms with Gasteiger partial charge < -0.3 is 16.4 Å². The standard InChI is InChI=1S/2Al.2Fe.3O.2H4Si/h;;;;;;;2*1H4/q;;2*+3;3*-2;;. The Labute approximate surface area is 106 Å². The van der Waals surface area contributed by atoms with Crippen molar-refractivity contribution in [2.75, 3.05) is 0 Å². The topological polar surface area (TPSA) is 85.5 Å². The molecule has 0 heterocycles. The predicted molar refractivity (Wildman–Crippen MR) is 36.2 cm³/mol. The molecule has 0 amide bonds. The van der Waals surface area contributed by atoms with Crippen molar-refractivity contribution in [3.63, 3.8) is 0 Å². The Kier molecular flexibility index (Phi) is 3720. The van der Waals surface area contributed by atoms with Crippen molar-refractivity contribution in [1.29, 1.82) is 0 Å². The van der Waals surface area contributed by atoms with Gasteiger partial charge in [0.1, 0.15) is 0 Å². The third-order valence-corrected chi connectivity index (χ3v) is 0. The molecule has 0 fully saturated rings. The average molecular weight is 278 g/mol. The van der Waals surface area contributed by atoms with E-state index >= 15 is 0 Å². The monoisotopic (exact) mass is 278 g/mol. The first-order valence-corrected chi connectivity index (χ1v) is 0. The van der Waals surface area contributed by atoms with Crippen LogP contribution in [0.5, 0.6) is 0 Å². The van der Waals surface area contributed by atoms with Gasteiger partial charge in [0, 0.05) is 34.7 Å². The Hall–Kier alpha value is 2.42. The van der Waals surface area contributed by atoms with Crippen LogP contribution in [0.4, 0.5) is 0 Å². The molecular weight excluding hydrogens is 270 g/mol. The molecular formula is H8Al2Fe2O3Si2. The SMILES string of the molecule is [Al].[Al].[Fe+3].[Fe+3].[O-2].[O-2].[O-2].[SiH4].[SiH4]. The van der Waals surface area contributed by atoms with Gasteiger partial charge in [0.15, 0.2) is 0 Å². The second kappa shape index (κ2) is 158. The van der Waals surface area contributed by atoms with E-state index in [0.717, 1.165) is 0 Å². The molecule has 0 aromatic carbocycles. The molecule has 0 aliphatic heterocycles. The van der Waals surface area contributed by atoms with Gasteiger partial charge in [0.2, 0.25) is 0 Å².